The molecule has 7 aromatic rings. The summed E-state index contributed by atoms with van der Waals surface area (Å²) in [6.07, 6.45) is 0. The molecule has 0 fully saturated rings. The molecule has 7 rings (SSSR count). The quantitative estimate of drug-likeness (QED) is 0.269. The Bertz CT molecular complexity index is 1790. The van der Waals surface area contributed by atoms with E-state index in [-0.39, 0.29) is 0 Å². The summed E-state index contributed by atoms with van der Waals surface area (Å²) < 4.78 is 0. The molecule has 1 N–H and O–H groups in total. The highest BCUT2D eigenvalue weighted by atomic mass is 14.7. The van der Waals surface area contributed by atoms with Gasteiger partial charge in [0.1, 0.15) is 0 Å². The number of fused-ring (bicyclic) bond motifs is 8. The summed E-state index contributed by atoms with van der Waals surface area (Å²) >= 11 is 0. The van der Waals surface area contributed by atoms with E-state index in [2.05, 4.69) is 114 Å². The maximum absolute atomic E-state index is 3.75. The zero-order valence-electron chi connectivity index (χ0n) is 16.9. The highest BCUT2D eigenvalue weighted by Gasteiger charge is 2.14. The van der Waals surface area contributed by atoms with Gasteiger partial charge >= 0.3 is 0 Å². The molecule has 1 nitrogen and oxygen atoms in total. The first-order valence-corrected chi connectivity index (χ1v) is 10.7. The summed E-state index contributed by atoms with van der Waals surface area (Å²) in [6.45, 7) is 0. The predicted octanol–water partition coefficient (Wildman–Crippen LogP) is 8.45. The van der Waals surface area contributed by atoms with Crippen molar-refractivity contribution in [2.24, 2.45) is 0 Å². The van der Waals surface area contributed by atoms with Crippen LogP contribution in [0.2, 0.25) is 0 Å². The van der Waals surface area contributed by atoms with Crippen LogP contribution in [-0.4, -0.2) is 4.98 Å². The number of H-pyrrole nitrogens is 1. The van der Waals surface area contributed by atoms with Gasteiger partial charge in [-0.1, -0.05) is 97.1 Å². The van der Waals surface area contributed by atoms with Gasteiger partial charge in [0.05, 0.1) is 5.52 Å². The lowest BCUT2D eigenvalue weighted by Crippen LogP contribution is -1.86. The van der Waals surface area contributed by atoms with Gasteiger partial charge in [-0.25, -0.2) is 0 Å². The average Bonchev–Trinajstić information content (AvgIpc) is 3.23. The molecule has 0 atom stereocenters. The molecule has 0 aliphatic heterocycles. The fraction of sp³-hybridized carbons (Fsp3) is 0. The standard InChI is InChI=1S/C30H19N/c1-4-11-22-19(8-1)16-17-28-29(22)26-15-7-14-25(30(26)31-28)27-18-20-9-2-3-10-21(20)23-12-5-6-13-24(23)27/h1-18,31H. The number of rotatable bonds is 1. The Morgan fingerprint density at radius 1 is 0.419 bits per heavy atom. The van der Waals surface area contributed by atoms with E-state index in [1.165, 1.54) is 65.3 Å². The highest BCUT2D eigenvalue weighted by Crippen LogP contribution is 2.40. The minimum absolute atomic E-state index is 1.19. The van der Waals surface area contributed by atoms with E-state index in [1.54, 1.807) is 0 Å². The number of aromatic nitrogens is 1. The molecule has 0 unspecified atom stereocenters. The summed E-state index contributed by atoms with van der Waals surface area (Å²) in [5, 5.41) is 10.3. The van der Waals surface area contributed by atoms with E-state index in [9.17, 15) is 0 Å². The number of benzene rings is 6. The molecular weight excluding hydrogens is 374 g/mol. The van der Waals surface area contributed by atoms with Gasteiger partial charge in [-0.3, -0.25) is 0 Å². The summed E-state index contributed by atoms with van der Waals surface area (Å²) in [7, 11) is 0. The minimum Gasteiger partial charge on any atom is -0.354 e. The van der Waals surface area contributed by atoms with E-state index < -0.39 is 0 Å². The Morgan fingerprint density at radius 2 is 1.10 bits per heavy atom. The fourth-order valence-electron chi connectivity index (χ4n) is 5.20. The summed E-state index contributed by atoms with van der Waals surface area (Å²) in [5.74, 6) is 0. The van der Waals surface area contributed by atoms with E-state index >= 15 is 0 Å². The van der Waals surface area contributed by atoms with Gasteiger partial charge in [0, 0.05) is 21.9 Å². The maximum Gasteiger partial charge on any atom is 0.0544 e. The second-order valence-electron chi connectivity index (χ2n) is 8.25. The van der Waals surface area contributed by atoms with Crippen molar-refractivity contribution in [1.29, 1.82) is 0 Å². The molecule has 6 aromatic carbocycles. The molecule has 0 aliphatic rings. The van der Waals surface area contributed by atoms with Crippen LogP contribution >= 0.6 is 0 Å². The smallest absolute Gasteiger partial charge is 0.0544 e. The molecule has 1 heteroatoms. The lowest BCUT2D eigenvalue weighted by atomic mass is 9.92. The second kappa shape index (κ2) is 6.20. The topological polar surface area (TPSA) is 15.8 Å². The monoisotopic (exact) mass is 393 g/mol. The molecule has 0 bridgehead atoms. The Balaban J connectivity index is 1.65. The van der Waals surface area contributed by atoms with Gasteiger partial charge in [-0.15, -0.1) is 0 Å². The normalized spacial score (nSPS) is 11.9. The van der Waals surface area contributed by atoms with Gasteiger partial charge in [-0.05, 0) is 50.0 Å². The molecular formula is C30H19N. The number of hydrogen-bond acceptors (Lipinski definition) is 0. The maximum atomic E-state index is 3.75. The first-order valence-electron chi connectivity index (χ1n) is 10.7. The van der Waals surface area contributed by atoms with Crippen LogP contribution in [0.1, 0.15) is 0 Å². The summed E-state index contributed by atoms with van der Waals surface area (Å²) in [5.41, 5.74) is 4.91. The molecule has 0 saturated carbocycles. The first-order chi connectivity index (χ1) is 15.4. The Hall–Kier alpha value is -4.10. The number of aromatic amines is 1. The molecule has 144 valence electrons. The van der Waals surface area contributed by atoms with Crippen LogP contribution in [0.25, 0.3) is 65.3 Å². The number of para-hydroxylation sites is 1. The lowest BCUT2D eigenvalue weighted by Gasteiger charge is -2.12. The molecule has 0 radical (unpaired) electrons. The van der Waals surface area contributed by atoms with Crippen LogP contribution in [0.4, 0.5) is 0 Å². The van der Waals surface area contributed by atoms with Crippen LogP contribution in [0.5, 0.6) is 0 Å². The Morgan fingerprint density at radius 3 is 1.97 bits per heavy atom. The zero-order chi connectivity index (χ0) is 20.4. The van der Waals surface area contributed by atoms with Crippen molar-refractivity contribution < 1.29 is 0 Å². The minimum atomic E-state index is 1.19. The third-order valence-electron chi connectivity index (χ3n) is 6.58. The second-order valence-corrected chi connectivity index (χ2v) is 8.25. The van der Waals surface area contributed by atoms with Crippen LogP contribution in [0.15, 0.2) is 109 Å². The predicted molar refractivity (Wildman–Crippen MR) is 134 cm³/mol. The molecule has 1 heterocycles. The largest absolute Gasteiger partial charge is 0.354 e. The molecule has 0 saturated heterocycles. The van der Waals surface area contributed by atoms with Crippen molar-refractivity contribution in [3.05, 3.63) is 109 Å². The molecule has 31 heavy (non-hydrogen) atoms. The van der Waals surface area contributed by atoms with Crippen LogP contribution < -0.4 is 0 Å². The van der Waals surface area contributed by atoms with Crippen LogP contribution in [0, 0.1) is 0 Å². The van der Waals surface area contributed by atoms with Gasteiger partial charge in [0.15, 0.2) is 0 Å². The molecule has 1 aromatic heterocycles. The lowest BCUT2D eigenvalue weighted by molar-refractivity contribution is 1.55. The molecule has 0 amide bonds. The van der Waals surface area contributed by atoms with Crippen LogP contribution in [-0.2, 0) is 0 Å². The summed E-state index contributed by atoms with van der Waals surface area (Å²) in [4.78, 5) is 3.75. The van der Waals surface area contributed by atoms with Crippen molar-refractivity contribution in [3.63, 3.8) is 0 Å². The van der Waals surface area contributed by atoms with Crippen molar-refractivity contribution in [3.8, 4) is 11.1 Å². The number of nitrogens with one attached hydrogen (secondary N) is 1. The van der Waals surface area contributed by atoms with Crippen molar-refractivity contribution in [1.82, 2.24) is 4.98 Å². The van der Waals surface area contributed by atoms with E-state index in [0.717, 1.165) is 0 Å². The zero-order valence-corrected chi connectivity index (χ0v) is 16.9. The van der Waals surface area contributed by atoms with Gasteiger partial charge in [0.2, 0.25) is 0 Å². The highest BCUT2D eigenvalue weighted by molar-refractivity contribution is 6.24. The number of hydrogen-bond donors (Lipinski definition) is 1. The average molecular weight is 393 g/mol. The first kappa shape index (κ1) is 16.7. The fourth-order valence-corrected chi connectivity index (χ4v) is 5.20. The summed E-state index contributed by atoms with van der Waals surface area (Å²) in [6, 6.07) is 39.5. The van der Waals surface area contributed by atoms with Gasteiger partial charge in [-0.2, -0.15) is 0 Å². The van der Waals surface area contributed by atoms with Crippen molar-refractivity contribution >= 4 is 54.1 Å². The Labute approximate surface area is 179 Å². The Kier molecular flexibility index (Phi) is 3.33. The molecule has 0 spiro atoms. The van der Waals surface area contributed by atoms with Gasteiger partial charge < -0.3 is 4.98 Å². The van der Waals surface area contributed by atoms with Crippen molar-refractivity contribution in [2.75, 3.05) is 0 Å². The van der Waals surface area contributed by atoms with Crippen molar-refractivity contribution in [2.45, 2.75) is 0 Å². The van der Waals surface area contributed by atoms with E-state index in [1.807, 2.05) is 0 Å². The van der Waals surface area contributed by atoms with E-state index in [0.29, 0.717) is 0 Å². The van der Waals surface area contributed by atoms with Crippen LogP contribution in [0.3, 0.4) is 0 Å². The third-order valence-corrected chi connectivity index (χ3v) is 6.58. The SMILES string of the molecule is c1ccc2c(c1)cc(-c1cccc3c1[nH]c1ccc4ccccc4c13)c1ccccc12. The third kappa shape index (κ3) is 2.32. The molecule has 0 aliphatic carbocycles. The van der Waals surface area contributed by atoms with E-state index in [4.69, 9.17) is 0 Å². The van der Waals surface area contributed by atoms with Gasteiger partial charge in [0.25, 0.3) is 0 Å².